The molecule has 0 atom stereocenters. The molecule has 1 radical (unpaired) electrons. The molecule has 0 aliphatic rings. The van der Waals surface area contributed by atoms with E-state index in [0.29, 0.717) is 0 Å². The van der Waals surface area contributed by atoms with Crippen molar-refractivity contribution in [2.24, 2.45) is 0 Å². The molecule has 0 aromatic heterocycles. The van der Waals surface area contributed by atoms with E-state index in [1.165, 1.54) is 10.8 Å². The molecule has 0 aliphatic carbocycles. The highest BCUT2D eigenvalue weighted by Gasteiger charge is 1.98. The van der Waals surface area contributed by atoms with Crippen molar-refractivity contribution in [2.75, 3.05) is 0 Å². The molecule has 0 aliphatic heterocycles. The highest BCUT2D eigenvalue weighted by atomic mass is 28.3. The van der Waals surface area contributed by atoms with Crippen LogP contribution < -0.4 is 5.19 Å². The van der Waals surface area contributed by atoms with Gasteiger partial charge in [-0.25, -0.2) is 0 Å². The van der Waals surface area contributed by atoms with Crippen molar-refractivity contribution >= 4 is 20.1 Å². The Morgan fingerprint density at radius 3 is 2.09 bits per heavy atom. The molecular weight excluding hydrogens is 148 g/mol. The summed E-state index contributed by atoms with van der Waals surface area (Å²) in [6.45, 7) is 8.31. The minimum absolute atomic E-state index is 0.271. The van der Waals surface area contributed by atoms with Crippen molar-refractivity contribution < 1.29 is 0 Å². The number of benzene rings is 1. The topological polar surface area (TPSA) is 0 Å². The summed E-state index contributed by atoms with van der Waals surface area (Å²) in [5.41, 5.74) is 1.21. The van der Waals surface area contributed by atoms with Crippen molar-refractivity contribution in [3.05, 3.63) is 36.4 Å². The lowest BCUT2D eigenvalue weighted by molar-refractivity contribution is 1.69. The molecule has 0 saturated carbocycles. The minimum Gasteiger partial charge on any atom is -0.0985 e. The summed E-state index contributed by atoms with van der Waals surface area (Å²) in [5, 5.41) is 1.49. The van der Waals surface area contributed by atoms with Gasteiger partial charge in [0.1, 0.15) is 0 Å². The fourth-order valence-corrected chi connectivity index (χ4v) is 1.79. The standard InChI is InChI=1S/C10H13Si/c1-4-9-5-7-10(8-6-9)11(2)3/h4-8H,1H2,2-3H3. The van der Waals surface area contributed by atoms with E-state index in [1.807, 2.05) is 6.08 Å². The van der Waals surface area contributed by atoms with Gasteiger partial charge in [0.25, 0.3) is 0 Å². The molecule has 1 rings (SSSR count). The van der Waals surface area contributed by atoms with Crippen molar-refractivity contribution in [3.63, 3.8) is 0 Å². The van der Waals surface area contributed by atoms with Gasteiger partial charge >= 0.3 is 0 Å². The predicted octanol–water partition coefficient (Wildman–Crippen LogP) is 2.29. The second-order valence-electron chi connectivity index (χ2n) is 2.83. The van der Waals surface area contributed by atoms with Crippen LogP contribution in [0.1, 0.15) is 5.56 Å². The molecule has 0 fully saturated rings. The maximum atomic E-state index is 3.71. The van der Waals surface area contributed by atoms with Gasteiger partial charge in [-0.3, -0.25) is 0 Å². The summed E-state index contributed by atoms with van der Waals surface area (Å²) in [7, 11) is -0.271. The van der Waals surface area contributed by atoms with Crippen LogP contribution in [0, 0.1) is 0 Å². The Bertz CT molecular complexity index is 234. The lowest BCUT2D eigenvalue weighted by Crippen LogP contribution is -2.21. The van der Waals surface area contributed by atoms with Crippen LogP contribution >= 0.6 is 0 Å². The monoisotopic (exact) mass is 161 g/mol. The van der Waals surface area contributed by atoms with Gasteiger partial charge in [0.15, 0.2) is 0 Å². The highest BCUT2D eigenvalue weighted by molar-refractivity contribution is 6.70. The molecule has 0 bridgehead atoms. The van der Waals surface area contributed by atoms with Crippen LogP contribution in [0.4, 0.5) is 0 Å². The van der Waals surface area contributed by atoms with Gasteiger partial charge in [0.2, 0.25) is 0 Å². The maximum Gasteiger partial charge on any atom is 0.0791 e. The summed E-state index contributed by atoms with van der Waals surface area (Å²) < 4.78 is 0. The normalized spacial score (nSPS) is 10.1. The Kier molecular flexibility index (Phi) is 2.66. The molecule has 1 aromatic rings. The van der Waals surface area contributed by atoms with Gasteiger partial charge < -0.3 is 0 Å². The van der Waals surface area contributed by atoms with E-state index in [2.05, 4.69) is 43.9 Å². The summed E-state index contributed by atoms with van der Waals surface area (Å²) in [5.74, 6) is 0. The van der Waals surface area contributed by atoms with E-state index in [9.17, 15) is 0 Å². The van der Waals surface area contributed by atoms with Crippen LogP contribution in [-0.4, -0.2) is 8.80 Å². The zero-order chi connectivity index (χ0) is 8.27. The zero-order valence-electron chi connectivity index (χ0n) is 7.09. The van der Waals surface area contributed by atoms with Crippen molar-refractivity contribution in [1.82, 2.24) is 0 Å². The van der Waals surface area contributed by atoms with Gasteiger partial charge in [-0.1, -0.05) is 55.2 Å². The quantitative estimate of drug-likeness (QED) is 0.584. The van der Waals surface area contributed by atoms with Crippen molar-refractivity contribution in [3.8, 4) is 0 Å². The van der Waals surface area contributed by atoms with E-state index >= 15 is 0 Å². The third-order valence-electron chi connectivity index (χ3n) is 1.72. The molecule has 0 heterocycles. The molecule has 1 aromatic carbocycles. The molecule has 0 N–H and O–H groups in total. The van der Waals surface area contributed by atoms with Crippen LogP contribution in [0.5, 0.6) is 0 Å². The van der Waals surface area contributed by atoms with E-state index in [1.54, 1.807) is 0 Å². The molecule has 1 heteroatoms. The fraction of sp³-hybridized carbons (Fsp3) is 0.200. The smallest absolute Gasteiger partial charge is 0.0791 e. The molecule has 57 valence electrons. The van der Waals surface area contributed by atoms with Gasteiger partial charge in [-0.05, 0) is 5.56 Å². The average Bonchev–Trinajstić information content (AvgIpc) is 2.05. The Morgan fingerprint density at radius 1 is 1.18 bits per heavy atom. The van der Waals surface area contributed by atoms with E-state index < -0.39 is 0 Å². The number of hydrogen-bond donors (Lipinski definition) is 0. The fourth-order valence-electron chi connectivity index (χ4n) is 0.953. The highest BCUT2D eigenvalue weighted by Crippen LogP contribution is 1.98. The first kappa shape index (κ1) is 8.28. The summed E-state index contributed by atoms with van der Waals surface area (Å²) in [4.78, 5) is 0. The third-order valence-corrected chi connectivity index (χ3v) is 3.21. The van der Waals surface area contributed by atoms with Crippen LogP contribution in [0.2, 0.25) is 13.1 Å². The van der Waals surface area contributed by atoms with Crippen molar-refractivity contribution in [1.29, 1.82) is 0 Å². The Hall–Kier alpha value is -0.823. The van der Waals surface area contributed by atoms with Crippen LogP contribution in [-0.2, 0) is 0 Å². The second kappa shape index (κ2) is 3.53. The largest absolute Gasteiger partial charge is 0.0985 e. The first-order valence-electron chi connectivity index (χ1n) is 3.77. The summed E-state index contributed by atoms with van der Waals surface area (Å²) in [6.07, 6.45) is 1.88. The first-order valence-corrected chi connectivity index (χ1v) is 6.27. The number of rotatable bonds is 2. The Labute approximate surface area is 70.2 Å². The van der Waals surface area contributed by atoms with Gasteiger partial charge in [-0.2, -0.15) is 0 Å². The molecule has 0 saturated heterocycles. The van der Waals surface area contributed by atoms with E-state index in [0.717, 1.165) is 0 Å². The Balaban J connectivity index is 2.91. The van der Waals surface area contributed by atoms with E-state index in [-0.39, 0.29) is 8.80 Å². The maximum absolute atomic E-state index is 3.71. The summed E-state index contributed by atoms with van der Waals surface area (Å²) in [6, 6.07) is 8.65. The predicted molar refractivity (Wildman–Crippen MR) is 53.6 cm³/mol. The molecule has 0 unspecified atom stereocenters. The van der Waals surface area contributed by atoms with Crippen molar-refractivity contribution in [2.45, 2.75) is 13.1 Å². The lowest BCUT2D eigenvalue weighted by Gasteiger charge is -2.02. The number of hydrogen-bond acceptors (Lipinski definition) is 0. The van der Waals surface area contributed by atoms with Crippen LogP contribution in [0.15, 0.2) is 30.8 Å². The van der Waals surface area contributed by atoms with Gasteiger partial charge in [0.05, 0.1) is 8.80 Å². The minimum atomic E-state index is -0.271. The average molecular weight is 161 g/mol. The Morgan fingerprint density at radius 2 is 1.73 bits per heavy atom. The third kappa shape index (κ3) is 2.05. The molecule has 0 nitrogen and oxygen atoms in total. The first-order chi connectivity index (χ1) is 5.24. The van der Waals surface area contributed by atoms with Gasteiger partial charge in [-0.15, -0.1) is 0 Å². The molecular formula is C10H13Si. The lowest BCUT2D eigenvalue weighted by atomic mass is 10.2. The zero-order valence-corrected chi connectivity index (χ0v) is 8.09. The van der Waals surface area contributed by atoms with Crippen LogP contribution in [0.3, 0.4) is 0 Å². The molecule has 11 heavy (non-hydrogen) atoms. The van der Waals surface area contributed by atoms with E-state index in [4.69, 9.17) is 0 Å². The van der Waals surface area contributed by atoms with Crippen LogP contribution in [0.25, 0.3) is 6.08 Å². The SMILES string of the molecule is C=Cc1ccc([Si](C)C)cc1. The molecule has 0 amide bonds. The second-order valence-corrected chi connectivity index (χ2v) is 5.40. The molecule has 0 spiro atoms. The van der Waals surface area contributed by atoms with Gasteiger partial charge in [0, 0.05) is 0 Å². The summed E-state index contributed by atoms with van der Waals surface area (Å²) >= 11 is 0.